The Kier molecular flexibility index (Phi) is 4.51. The number of benzene rings is 1. The first kappa shape index (κ1) is 12.2. The number of hydrogen-bond acceptors (Lipinski definition) is 3. The number of primary amides is 1. The molecular formula is C12H15NO3. The van der Waals surface area contributed by atoms with Gasteiger partial charge in [0.05, 0.1) is 0 Å². The van der Waals surface area contributed by atoms with Gasteiger partial charge in [0.2, 0.25) is 0 Å². The topological polar surface area (TPSA) is 69.4 Å². The molecule has 4 heteroatoms. The molecule has 1 rings (SSSR count). The molecule has 1 atom stereocenters. The highest BCUT2D eigenvalue weighted by Gasteiger charge is 2.15. The molecule has 1 aromatic carbocycles. The van der Waals surface area contributed by atoms with Crippen LogP contribution in [-0.2, 0) is 4.79 Å². The van der Waals surface area contributed by atoms with Gasteiger partial charge in [-0.25, -0.2) is 0 Å². The summed E-state index contributed by atoms with van der Waals surface area (Å²) in [5.41, 5.74) is 5.72. The Bertz CT molecular complexity index is 376. The monoisotopic (exact) mass is 221 g/mol. The van der Waals surface area contributed by atoms with Gasteiger partial charge < -0.3 is 10.5 Å². The summed E-state index contributed by atoms with van der Waals surface area (Å²) in [5, 5.41) is 0. The minimum Gasteiger partial charge on any atom is -0.481 e. The van der Waals surface area contributed by atoms with Crippen LogP contribution in [0.3, 0.4) is 0 Å². The first-order valence-corrected chi connectivity index (χ1v) is 5.18. The largest absolute Gasteiger partial charge is 0.481 e. The minimum atomic E-state index is -0.632. The molecule has 86 valence electrons. The van der Waals surface area contributed by atoms with Crippen LogP contribution in [0.2, 0.25) is 0 Å². The lowest BCUT2D eigenvalue weighted by atomic mass is 10.2. The molecule has 0 aliphatic rings. The van der Waals surface area contributed by atoms with Crippen LogP contribution < -0.4 is 10.5 Å². The van der Waals surface area contributed by atoms with Crippen molar-refractivity contribution in [2.45, 2.75) is 25.9 Å². The molecule has 16 heavy (non-hydrogen) atoms. The summed E-state index contributed by atoms with van der Waals surface area (Å²) in [6, 6.07) is 6.64. The van der Waals surface area contributed by atoms with E-state index in [0.29, 0.717) is 17.7 Å². The molecule has 1 aromatic rings. The highest BCUT2D eigenvalue weighted by molar-refractivity contribution is 5.79. The molecule has 0 fully saturated rings. The van der Waals surface area contributed by atoms with Gasteiger partial charge in [0.15, 0.2) is 6.10 Å². The van der Waals surface area contributed by atoms with Crippen LogP contribution >= 0.6 is 0 Å². The van der Waals surface area contributed by atoms with Crippen molar-refractivity contribution in [1.82, 2.24) is 0 Å². The molecule has 0 saturated heterocycles. The average molecular weight is 221 g/mol. The molecule has 2 N–H and O–H groups in total. The maximum Gasteiger partial charge on any atom is 0.258 e. The Labute approximate surface area is 94.4 Å². The van der Waals surface area contributed by atoms with Crippen LogP contribution in [0.25, 0.3) is 0 Å². The van der Waals surface area contributed by atoms with Gasteiger partial charge in [0.25, 0.3) is 5.91 Å². The Hall–Kier alpha value is -1.84. The van der Waals surface area contributed by atoms with E-state index in [-0.39, 0.29) is 0 Å². The first-order chi connectivity index (χ1) is 7.67. The second-order valence-corrected chi connectivity index (χ2v) is 3.49. The van der Waals surface area contributed by atoms with Crippen molar-refractivity contribution >= 4 is 12.2 Å². The maximum atomic E-state index is 11.1. The van der Waals surface area contributed by atoms with E-state index in [2.05, 4.69) is 0 Å². The molecule has 0 aromatic heterocycles. The zero-order valence-corrected chi connectivity index (χ0v) is 9.18. The van der Waals surface area contributed by atoms with Gasteiger partial charge in [0.1, 0.15) is 12.0 Å². The lowest BCUT2D eigenvalue weighted by Gasteiger charge is -2.15. The van der Waals surface area contributed by atoms with Crippen LogP contribution in [0.4, 0.5) is 0 Å². The number of nitrogens with two attached hydrogens (primary N) is 1. The molecule has 0 heterocycles. The van der Waals surface area contributed by atoms with Gasteiger partial charge in [-0.2, -0.15) is 0 Å². The number of carbonyl (C=O) groups excluding carboxylic acids is 2. The Morgan fingerprint density at radius 1 is 1.56 bits per heavy atom. The molecule has 0 radical (unpaired) electrons. The summed E-state index contributed by atoms with van der Waals surface area (Å²) >= 11 is 0. The average Bonchev–Trinajstić information content (AvgIpc) is 2.28. The van der Waals surface area contributed by atoms with Crippen LogP contribution in [0.1, 0.15) is 30.1 Å². The van der Waals surface area contributed by atoms with Crippen LogP contribution in [-0.4, -0.2) is 18.3 Å². The molecule has 0 spiro atoms. The Morgan fingerprint density at radius 3 is 2.88 bits per heavy atom. The van der Waals surface area contributed by atoms with E-state index >= 15 is 0 Å². The van der Waals surface area contributed by atoms with Gasteiger partial charge >= 0.3 is 0 Å². The molecule has 4 nitrogen and oxygen atoms in total. The molecular weight excluding hydrogens is 206 g/mol. The summed E-state index contributed by atoms with van der Waals surface area (Å²) in [6.07, 6.45) is 1.47. The SMILES string of the molecule is CCCC(Oc1cccc(C=O)c1)C(N)=O. The minimum absolute atomic E-state index is 0.488. The van der Waals surface area contributed by atoms with E-state index in [9.17, 15) is 9.59 Å². The summed E-state index contributed by atoms with van der Waals surface area (Å²) < 4.78 is 5.43. The van der Waals surface area contributed by atoms with Crippen molar-refractivity contribution in [3.8, 4) is 5.75 Å². The molecule has 1 unspecified atom stereocenters. The quantitative estimate of drug-likeness (QED) is 0.740. The number of ether oxygens (including phenoxy) is 1. The second-order valence-electron chi connectivity index (χ2n) is 3.49. The summed E-state index contributed by atoms with van der Waals surface area (Å²) in [5.74, 6) is 0.000191. The van der Waals surface area contributed by atoms with Crippen molar-refractivity contribution in [1.29, 1.82) is 0 Å². The predicted octanol–water partition coefficient (Wildman–Crippen LogP) is 1.53. The van der Waals surface area contributed by atoms with E-state index in [1.807, 2.05) is 6.92 Å². The Balaban J connectivity index is 2.76. The maximum absolute atomic E-state index is 11.1. The Morgan fingerprint density at radius 2 is 2.31 bits per heavy atom. The zero-order chi connectivity index (χ0) is 12.0. The molecule has 1 amide bonds. The van der Waals surface area contributed by atoms with Gasteiger partial charge in [-0.3, -0.25) is 9.59 Å². The third-order valence-electron chi connectivity index (χ3n) is 2.14. The van der Waals surface area contributed by atoms with Crippen molar-refractivity contribution in [3.63, 3.8) is 0 Å². The number of carbonyl (C=O) groups is 2. The van der Waals surface area contributed by atoms with Crippen LogP contribution in [0.15, 0.2) is 24.3 Å². The molecule has 0 saturated carbocycles. The first-order valence-electron chi connectivity index (χ1n) is 5.18. The molecule has 0 aliphatic carbocycles. The summed E-state index contributed by atoms with van der Waals surface area (Å²) in [7, 11) is 0. The van der Waals surface area contributed by atoms with Crippen molar-refractivity contribution in [2.75, 3.05) is 0 Å². The molecule has 0 bridgehead atoms. The number of hydrogen-bond donors (Lipinski definition) is 1. The zero-order valence-electron chi connectivity index (χ0n) is 9.18. The number of aldehydes is 1. The van der Waals surface area contributed by atoms with E-state index < -0.39 is 12.0 Å². The second kappa shape index (κ2) is 5.90. The number of rotatable bonds is 6. The van der Waals surface area contributed by atoms with E-state index in [0.717, 1.165) is 12.7 Å². The standard InChI is InChI=1S/C12H15NO3/c1-2-4-11(12(13)15)16-10-6-3-5-9(7-10)8-14/h3,5-8,11H,2,4H2,1H3,(H2,13,15). The van der Waals surface area contributed by atoms with Crippen LogP contribution in [0, 0.1) is 0 Å². The summed E-state index contributed by atoms with van der Waals surface area (Å²) in [4.78, 5) is 21.6. The van der Waals surface area contributed by atoms with Gasteiger partial charge in [0, 0.05) is 5.56 Å². The lowest BCUT2D eigenvalue weighted by Crippen LogP contribution is -2.33. The van der Waals surface area contributed by atoms with E-state index in [1.165, 1.54) is 0 Å². The lowest BCUT2D eigenvalue weighted by molar-refractivity contribution is -0.125. The van der Waals surface area contributed by atoms with Gasteiger partial charge in [-0.1, -0.05) is 25.5 Å². The van der Waals surface area contributed by atoms with Crippen molar-refractivity contribution < 1.29 is 14.3 Å². The predicted molar refractivity (Wildman–Crippen MR) is 60.3 cm³/mol. The summed E-state index contributed by atoms with van der Waals surface area (Å²) in [6.45, 7) is 1.95. The fraction of sp³-hybridized carbons (Fsp3) is 0.333. The highest BCUT2D eigenvalue weighted by atomic mass is 16.5. The van der Waals surface area contributed by atoms with Gasteiger partial charge in [-0.05, 0) is 18.6 Å². The fourth-order valence-electron chi connectivity index (χ4n) is 1.35. The smallest absolute Gasteiger partial charge is 0.258 e. The molecule has 0 aliphatic heterocycles. The third-order valence-corrected chi connectivity index (χ3v) is 2.14. The fourth-order valence-corrected chi connectivity index (χ4v) is 1.35. The van der Waals surface area contributed by atoms with E-state index in [1.54, 1.807) is 24.3 Å². The third kappa shape index (κ3) is 3.38. The van der Waals surface area contributed by atoms with Crippen molar-refractivity contribution in [2.24, 2.45) is 5.73 Å². The van der Waals surface area contributed by atoms with Crippen molar-refractivity contribution in [3.05, 3.63) is 29.8 Å². The van der Waals surface area contributed by atoms with Gasteiger partial charge in [-0.15, -0.1) is 0 Å². The highest BCUT2D eigenvalue weighted by Crippen LogP contribution is 2.15. The van der Waals surface area contributed by atoms with E-state index in [4.69, 9.17) is 10.5 Å². The number of amides is 1. The normalized spacial score (nSPS) is 11.8. The van der Waals surface area contributed by atoms with Crippen LogP contribution in [0.5, 0.6) is 5.75 Å².